The van der Waals surface area contributed by atoms with Crippen LogP contribution in [-0.4, -0.2) is 49.6 Å². The van der Waals surface area contributed by atoms with Crippen LogP contribution in [0.15, 0.2) is 60.7 Å². The summed E-state index contributed by atoms with van der Waals surface area (Å²) in [6.45, 7) is 4.22. The van der Waals surface area contributed by atoms with E-state index in [2.05, 4.69) is 70.2 Å². The summed E-state index contributed by atoms with van der Waals surface area (Å²) in [4.78, 5) is 4.58. The van der Waals surface area contributed by atoms with Gasteiger partial charge >= 0.3 is 0 Å². The van der Waals surface area contributed by atoms with E-state index in [1.165, 1.54) is 11.1 Å². The van der Waals surface area contributed by atoms with Crippen molar-refractivity contribution in [2.75, 3.05) is 39.8 Å². The molecule has 0 unspecified atom stereocenters. The van der Waals surface area contributed by atoms with Gasteiger partial charge in [-0.15, -0.1) is 0 Å². The van der Waals surface area contributed by atoms with Crippen molar-refractivity contribution in [3.05, 3.63) is 71.8 Å². The molecule has 0 spiro atoms. The van der Waals surface area contributed by atoms with Crippen LogP contribution in [0.3, 0.4) is 0 Å². The van der Waals surface area contributed by atoms with Crippen LogP contribution >= 0.6 is 0 Å². The van der Waals surface area contributed by atoms with E-state index in [0.717, 1.165) is 26.3 Å². The van der Waals surface area contributed by atoms with Gasteiger partial charge in [0.25, 0.3) is 0 Å². The van der Waals surface area contributed by atoms with Gasteiger partial charge in [0.05, 0.1) is 38.4 Å². The predicted octanol–water partition coefficient (Wildman–Crippen LogP) is 3.05. The molecule has 0 aliphatic carbocycles. The Bertz CT molecular complexity index is 690. The maximum atomic E-state index is 5.66. The molecule has 0 N–H and O–H groups in total. The highest BCUT2D eigenvalue weighted by atomic mass is 16.5. The third-order valence-electron chi connectivity index (χ3n) is 5.01. The van der Waals surface area contributed by atoms with E-state index in [0.29, 0.717) is 25.5 Å². The van der Waals surface area contributed by atoms with Gasteiger partial charge in [-0.1, -0.05) is 72.5 Å². The van der Waals surface area contributed by atoms with Crippen molar-refractivity contribution in [2.24, 2.45) is 0 Å². The summed E-state index contributed by atoms with van der Waals surface area (Å²) in [6, 6.07) is 21.6. The molecule has 0 radical (unpaired) electrons. The molecule has 134 valence electrons. The van der Waals surface area contributed by atoms with Crippen molar-refractivity contribution in [1.82, 2.24) is 9.80 Å². The van der Waals surface area contributed by atoms with Crippen molar-refractivity contribution >= 4 is 0 Å². The third kappa shape index (κ3) is 3.98. The largest absolute Gasteiger partial charge is 0.364 e. The van der Waals surface area contributed by atoms with Crippen molar-refractivity contribution in [2.45, 2.75) is 12.1 Å². The number of hydrogen-bond acceptors (Lipinski definition) is 4. The quantitative estimate of drug-likeness (QED) is 0.793. The molecule has 0 bridgehead atoms. The summed E-state index contributed by atoms with van der Waals surface area (Å²) in [6.07, 6.45) is 0. The highest BCUT2D eigenvalue weighted by Crippen LogP contribution is 2.26. The van der Waals surface area contributed by atoms with Gasteiger partial charge in [-0.05, 0) is 11.1 Å². The summed E-state index contributed by atoms with van der Waals surface area (Å²) in [5.41, 5.74) is 2.59. The summed E-state index contributed by atoms with van der Waals surface area (Å²) >= 11 is 0. The molecule has 4 heteroatoms. The number of hydrogen-bond donors (Lipinski definition) is 0. The van der Waals surface area contributed by atoms with Crippen LogP contribution in [0.5, 0.6) is 0 Å². The fourth-order valence-electron chi connectivity index (χ4n) is 3.54. The van der Waals surface area contributed by atoms with Crippen molar-refractivity contribution in [1.29, 1.82) is 0 Å². The Kier molecular flexibility index (Phi) is 5.63. The maximum Gasteiger partial charge on any atom is 0.100 e. The molecule has 2 heterocycles. The first-order chi connectivity index (χ1) is 12.9. The first kappa shape index (κ1) is 17.3. The van der Waals surface area contributed by atoms with Crippen LogP contribution < -0.4 is 0 Å². The van der Waals surface area contributed by atoms with Crippen LogP contribution in [-0.2, 0) is 9.47 Å². The van der Waals surface area contributed by atoms with E-state index in [4.69, 9.17) is 9.47 Å². The first-order valence-corrected chi connectivity index (χ1v) is 9.11. The SMILES string of the molecule is C(#CCN1COC[C@@H]1c1ccccc1)CN1COC[C@@H]1c1ccccc1. The number of benzene rings is 2. The Balaban J connectivity index is 1.34. The maximum absolute atomic E-state index is 5.66. The van der Waals surface area contributed by atoms with Gasteiger partial charge in [-0.3, -0.25) is 9.80 Å². The molecule has 0 saturated carbocycles. The lowest BCUT2D eigenvalue weighted by atomic mass is 10.1. The highest BCUT2D eigenvalue weighted by molar-refractivity contribution is 5.22. The van der Waals surface area contributed by atoms with Gasteiger partial charge in [0.2, 0.25) is 0 Å². The molecule has 2 aromatic carbocycles. The molecule has 2 aliphatic heterocycles. The monoisotopic (exact) mass is 348 g/mol. The Labute approximate surface area is 155 Å². The van der Waals surface area contributed by atoms with Crippen molar-refractivity contribution in [3.63, 3.8) is 0 Å². The summed E-state index contributed by atoms with van der Waals surface area (Å²) in [5, 5.41) is 0. The molecule has 0 amide bonds. The fourth-order valence-corrected chi connectivity index (χ4v) is 3.54. The van der Waals surface area contributed by atoms with Gasteiger partial charge < -0.3 is 9.47 Å². The minimum atomic E-state index is 0.303. The molecule has 2 aromatic rings. The van der Waals surface area contributed by atoms with E-state index < -0.39 is 0 Å². The molecule has 4 rings (SSSR count). The molecule has 2 fully saturated rings. The van der Waals surface area contributed by atoms with Gasteiger partial charge in [0, 0.05) is 0 Å². The van der Waals surface area contributed by atoms with Crippen LogP contribution in [0.4, 0.5) is 0 Å². The van der Waals surface area contributed by atoms with E-state index in [-0.39, 0.29) is 0 Å². The number of rotatable bonds is 4. The van der Waals surface area contributed by atoms with Crippen LogP contribution in [0.25, 0.3) is 0 Å². The summed E-state index contributed by atoms with van der Waals surface area (Å²) in [5.74, 6) is 6.65. The van der Waals surface area contributed by atoms with Gasteiger partial charge in [-0.25, -0.2) is 0 Å². The minimum Gasteiger partial charge on any atom is -0.364 e. The van der Waals surface area contributed by atoms with Crippen LogP contribution in [0, 0.1) is 11.8 Å². The lowest BCUT2D eigenvalue weighted by Crippen LogP contribution is -2.26. The summed E-state index contributed by atoms with van der Waals surface area (Å²) < 4.78 is 11.3. The second kappa shape index (κ2) is 8.48. The average Bonchev–Trinajstić information content (AvgIpc) is 3.36. The van der Waals surface area contributed by atoms with Crippen molar-refractivity contribution < 1.29 is 9.47 Å². The highest BCUT2D eigenvalue weighted by Gasteiger charge is 2.27. The number of nitrogens with zero attached hydrogens (tertiary/aromatic N) is 2. The lowest BCUT2D eigenvalue weighted by Gasteiger charge is -2.21. The van der Waals surface area contributed by atoms with E-state index in [1.54, 1.807) is 0 Å². The molecular weight excluding hydrogens is 324 g/mol. The fraction of sp³-hybridized carbons (Fsp3) is 0.364. The van der Waals surface area contributed by atoms with E-state index in [9.17, 15) is 0 Å². The van der Waals surface area contributed by atoms with Crippen LogP contribution in [0.2, 0.25) is 0 Å². The molecule has 4 nitrogen and oxygen atoms in total. The predicted molar refractivity (Wildman–Crippen MR) is 101 cm³/mol. The standard InChI is InChI=1S/C22H24N2O2/c1-3-9-19(10-4-1)21-15-25-17-23(21)13-7-8-14-24-18-26-16-22(24)20-11-5-2-6-12-20/h1-6,9-12,21-22H,13-18H2/t21-,22-/m1/s1. The Hall–Kier alpha value is -2.16. The minimum absolute atomic E-state index is 0.303. The lowest BCUT2D eigenvalue weighted by molar-refractivity contribution is 0.145. The zero-order valence-electron chi connectivity index (χ0n) is 14.9. The zero-order valence-corrected chi connectivity index (χ0v) is 14.9. The second-order valence-corrected chi connectivity index (χ2v) is 6.70. The molecule has 2 saturated heterocycles. The molecular formula is C22H24N2O2. The van der Waals surface area contributed by atoms with E-state index >= 15 is 0 Å². The Morgan fingerprint density at radius 1 is 0.692 bits per heavy atom. The van der Waals surface area contributed by atoms with Gasteiger partial charge in [0.1, 0.15) is 13.5 Å². The second-order valence-electron chi connectivity index (χ2n) is 6.70. The normalized spacial score (nSPS) is 23.7. The molecule has 26 heavy (non-hydrogen) atoms. The number of ether oxygens (including phenoxy) is 2. The van der Waals surface area contributed by atoms with Crippen LogP contribution in [0.1, 0.15) is 23.2 Å². The Morgan fingerprint density at radius 3 is 1.54 bits per heavy atom. The Morgan fingerprint density at radius 2 is 1.12 bits per heavy atom. The zero-order chi connectivity index (χ0) is 17.6. The van der Waals surface area contributed by atoms with Gasteiger partial charge in [0.15, 0.2) is 0 Å². The first-order valence-electron chi connectivity index (χ1n) is 9.11. The van der Waals surface area contributed by atoms with E-state index in [1.807, 2.05) is 12.1 Å². The average molecular weight is 348 g/mol. The van der Waals surface area contributed by atoms with Crippen molar-refractivity contribution in [3.8, 4) is 11.8 Å². The topological polar surface area (TPSA) is 24.9 Å². The third-order valence-corrected chi connectivity index (χ3v) is 5.01. The molecule has 0 aromatic heterocycles. The van der Waals surface area contributed by atoms with Gasteiger partial charge in [-0.2, -0.15) is 0 Å². The molecule has 2 atom stereocenters. The smallest absolute Gasteiger partial charge is 0.100 e. The molecule has 2 aliphatic rings. The summed E-state index contributed by atoms with van der Waals surface area (Å²) in [7, 11) is 0.